The first-order valence-corrected chi connectivity index (χ1v) is 4.35. The molecule has 0 spiro atoms. The molecule has 0 aliphatic heterocycles. The summed E-state index contributed by atoms with van der Waals surface area (Å²) < 4.78 is 0. The molecule has 70 valence electrons. The lowest BCUT2D eigenvalue weighted by Gasteiger charge is -2.00. The van der Waals surface area contributed by atoms with E-state index in [4.69, 9.17) is 17.3 Å². The number of nitrogens with two attached hydrogens (primary N) is 1. The highest BCUT2D eigenvalue weighted by Gasteiger charge is 2.03. The van der Waals surface area contributed by atoms with Gasteiger partial charge in [-0.25, -0.2) is 9.97 Å². The number of aromatic nitrogens is 3. The molecule has 2 aromatic rings. The van der Waals surface area contributed by atoms with Crippen molar-refractivity contribution >= 4 is 17.5 Å². The maximum absolute atomic E-state index is 5.74. The quantitative estimate of drug-likeness (QED) is 0.723. The SMILES string of the molecule is Nc1nc(Cl)cc(-c2ccccn2)n1. The summed E-state index contributed by atoms with van der Waals surface area (Å²) in [5, 5.41) is 0.318. The largest absolute Gasteiger partial charge is 0.368 e. The van der Waals surface area contributed by atoms with Crippen LogP contribution in [0.15, 0.2) is 30.5 Å². The third-order valence-corrected chi connectivity index (χ3v) is 1.83. The Labute approximate surface area is 85.8 Å². The average molecular weight is 207 g/mol. The molecular formula is C9H7ClN4. The molecule has 0 fully saturated rings. The lowest BCUT2D eigenvalue weighted by molar-refractivity contribution is 1.17. The van der Waals surface area contributed by atoms with E-state index in [2.05, 4.69) is 15.0 Å². The Morgan fingerprint density at radius 2 is 2.00 bits per heavy atom. The number of hydrogen-bond acceptors (Lipinski definition) is 4. The second-order valence-corrected chi connectivity index (χ2v) is 3.04. The summed E-state index contributed by atoms with van der Waals surface area (Å²) in [6, 6.07) is 7.16. The van der Waals surface area contributed by atoms with Crippen molar-refractivity contribution in [3.8, 4) is 11.4 Å². The van der Waals surface area contributed by atoms with Gasteiger partial charge in [0.15, 0.2) is 0 Å². The fraction of sp³-hybridized carbons (Fsp3) is 0. The number of nitrogen functional groups attached to an aromatic ring is 1. The number of nitrogens with zero attached hydrogens (tertiary/aromatic N) is 3. The van der Waals surface area contributed by atoms with Gasteiger partial charge in [-0.3, -0.25) is 4.98 Å². The van der Waals surface area contributed by atoms with Crippen molar-refractivity contribution in [2.24, 2.45) is 0 Å². The lowest BCUT2D eigenvalue weighted by atomic mass is 10.3. The van der Waals surface area contributed by atoms with Crippen molar-refractivity contribution in [2.75, 3.05) is 5.73 Å². The van der Waals surface area contributed by atoms with E-state index >= 15 is 0 Å². The first-order chi connectivity index (χ1) is 6.75. The van der Waals surface area contributed by atoms with E-state index in [0.29, 0.717) is 10.8 Å². The fourth-order valence-electron chi connectivity index (χ4n) is 1.08. The number of hydrogen-bond donors (Lipinski definition) is 1. The summed E-state index contributed by atoms with van der Waals surface area (Å²) in [5.74, 6) is 0.151. The van der Waals surface area contributed by atoms with Crippen molar-refractivity contribution in [2.45, 2.75) is 0 Å². The van der Waals surface area contributed by atoms with E-state index < -0.39 is 0 Å². The average Bonchev–Trinajstić information content (AvgIpc) is 2.18. The Morgan fingerprint density at radius 1 is 1.14 bits per heavy atom. The molecule has 2 N–H and O–H groups in total. The van der Waals surface area contributed by atoms with Crippen molar-refractivity contribution in [3.63, 3.8) is 0 Å². The van der Waals surface area contributed by atoms with Crippen LogP contribution in [-0.4, -0.2) is 15.0 Å². The molecule has 0 aliphatic carbocycles. The molecule has 14 heavy (non-hydrogen) atoms. The standard InChI is InChI=1S/C9H7ClN4/c10-8-5-7(13-9(11)14-8)6-3-1-2-4-12-6/h1-5H,(H2,11,13,14). The molecule has 0 amide bonds. The molecule has 0 aromatic carbocycles. The normalized spacial score (nSPS) is 10.1. The third-order valence-electron chi connectivity index (χ3n) is 1.64. The zero-order valence-electron chi connectivity index (χ0n) is 7.18. The fourth-order valence-corrected chi connectivity index (χ4v) is 1.27. The minimum atomic E-state index is 0.151. The van der Waals surface area contributed by atoms with E-state index in [-0.39, 0.29) is 5.95 Å². The zero-order valence-corrected chi connectivity index (χ0v) is 7.94. The van der Waals surface area contributed by atoms with Crippen LogP contribution in [0.2, 0.25) is 5.15 Å². The van der Waals surface area contributed by atoms with Crippen LogP contribution in [0.3, 0.4) is 0 Å². The summed E-state index contributed by atoms with van der Waals surface area (Å²) in [6.07, 6.45) is 1.68. The van der Waals surface area contributed by atoms with E-state index in [1.54, 1.807) is 12.3 Å². The Kier molecular flexibility index (Phi) is 2.28. The van der Waals surface area contributed by atoms with Gasteiger partial charge < -0.3 is 5.73 Å². The zero-order chi connectivity index (χ0) is 9.97. The molecule has 0 bridgehead atoms. The van der Waals surface area contributed by atoms with Crippen LogP contribution in [0.1, 0.15) is 0 Å². The maximum atomic E-state index is 5.74. The monoisotopic (exact) mass is 206 g/mol. The van der Waals surface area contributed by atoms with Crippen LogP contribution in [0.4, 0.5) is 5.95 Å². The van der Waals surface area contributed by atoms with Gasteiger partial charge >= 0.3 is 0 Å². The molecule has 0 aliphatic rings. The molecule has 0 radical (unpaired) electrons. The molecule has 2 aromatic heterocycles. The van der Waals surface area contributed by atoms with Crippen LogP contribution in [0.25, 0.3) is 11.4 Å². The van der Waals surface area contributed by atoms with E-state index in [1.807, 2.05) is 18.2 Å². The van der Waals surface area contributed by atoms with Gasteiger partial charge in [0.25, 0.3) is 0 Å². The van der Waals surface area contributed by atoms with Crippen molar-refractivity contribution in [1.29, 1.82) is 0 Å². The molecule has 0 atom stereocenters. The van der Waals surface area contributed by atoms with Gasteiger partial charge in [0.05, 0.1) is 11.4 Å². The summed E-state index contributed by atoms with van der Waals surface area (Å²) in [5.41, 5.74) is 6.82. The highest BCUT2D eigenvalue weighted by Crippen LogP contribution is 2.17. The molecule has 2 heterocycles. The van der Waals surface area contributed by atoms with E-state index in [1.165, 1.54) is 0 Å². The van der Waals surface area contributed by atoms with Crippen LogP contribution in [-0.2, 0) is 0 Å². The second kappa shape index (κ2) is 3.59. The number of rotatable bonds is 1. The molecule has 0 saturated carbocycles. The Hall–Kier alpha value is -1.68. The Morgan fingerprint density at radius 3 is 2.64 bits per heavy atom. The molecule has 0 saturated heterocycles. The predicted molar refractivity (Wildman–Crippen MR) is 54.7 cm³/mol. The second-order valence-electron chi connectivity index (χ2n) is 2.65. The summed E-state index contributed by atoms with van der Waals surface area (Å²) in [6.45, 7) is 0. The lowest BCUT2D eigenvalue weighted by Crippen LogP contribution is -1.97. The first-order valence-electron chi connectivity index (χ1n) is 3.97. The third kappa shape index (κ3) is 1.80. The van der Waals surface area contributed by atoms with Gasteiger partial charge in [0.1, 0.15) is 5.15 Å². The Bertz CT molecular complexity index is 424. The molecule has 4 nitrogen and oxygen atoms in total. The topological polar surface area (TPSA) is 64.7 Å². The first kappa shape index (κ1) is 8.90. The summed E-state index contributed by atoms with van der Waals surface area (Å²) in [7, 11) is 0. The molecular weight excluding hydrogens is 200 g/mol. The van der Waals surface area contributed by atoms with Gasteiger partial charge in [0, 0.05) is 12.3 Å². The van der Waals surface area contributed by atoms with E-state index in [9.17, 15) is 0 Å². The number of halogens is 1. The highest BCUT2D eigenvalue weighted by atomic mass is 35.5. The minimum absolute atomic E-state index is 0.151. The molecule has 0 unspecified atom stereocenters. The van der Waals surface area contributed by atoms with Crippen molar-refractivity contribution in [1.82, 2.24) is 15.0 Å². The minimum Gasteiger partial charge on any atom is -0.368 e. The predicted octanol–water partition coefficient (Wildman–Crippen LogP) is 1.77. The van der Waals surface area contributed by atoms with Gasteiger partial charge in [-0.15, -0.1) is 0 Å². The van der Waals surface area contributed by atoms with Crippen LogP contribution >= 0.6 is 11.6 Å². The smallest absolute Gasteiger partial charge is 0.222 e. The van der Waals surface area contributed by atoms with Gasteiger partial charge in [-0.1, -0.05) is 17.7 Å². The molecule has 2 rings (SSSR count). The highest BCUT2D eigenvalue weighted by molar-refractivity contribution is 6.29. The summed E-state index contributed by atoms with van der Waals surface area (Å²) in [4.78, 5) is 11.9. The van der Waals surface area contributed by atoms with Crippen molar-refractivity contribution in [3.05, 3.63) is 35.6 Å². The summed E-state index contributed by atoms with van der Waals surface area (Å²) >= 11 is 5.74. The molecule has 5 heteroatoms. The van der Waals surface area contributed by atoms with E-state index in [0.717, 1.165) is 5.69 Å². The van der Waals surface area contributed by atoms with Crippen LogP contribution < -0.4 is 5.73 Å². The van der Waals surface area contributed by atoms with Crippen molar-refractivity contribution < 1.29 is 0 Å². The Balaban J connectivity index is 2.52. The number of anilines is 1. The van der Waals surface area contributed by atoms with Crippen LogP contribution in [0.5, 0.6) is 0 Å². The van der Waals surface area contributed by atoms with Gasteiger partial charge in [-0.05, 0) is 12.1 Å². The van der Waals surface area contributed by atoms with Gasteiger partial charge in [-0.2, -0.15) is 0 Å². The van der Waals surface area contributed by atoms with Gasteiger partial charge in [0.2, 0.25) is 5.95 Å². The van der Waals surface area contributed by atoms with Crippen LogP contribution in [0, 0.1) is 0 Å². The number of pyridine rings is 1. The maximum Gasteiger partial charge on any atom is 0.222 e.